The second-order valence-electron chi connectivity index (χ2n) is 9.15. The summed E-state index contributed by atoms with van der Waals surface area (Å²) in [5, 5.41) is 0. The van der Waals surface area contributed by atoms with Gasteiger partial charge in [0.2, 0.25) is 0 Å². The molecule has 0 spiro atoms. The van der Waals surface area contributed by atoms with Crippen molar-refractivity contribution in [2.45, 2.75) is 53.4 Å². The average molecular weight is 570 g/mol. The van der Waals surface area contributed by atoms with Crippen LogP contribution in [0.2, 0.25) is 0 Å². The molecular formula is C25H30Br2O5. The summed E-state index contributed by atoms with van der Waals surface area (Å²) in [6.07, 6.45) is 0.511. The van der Waals surface area contributed by atoms with Crippen LogP contribution in [0, 0.1) is 5.41 Å². The van der Waals surface area contributed by atoms with E-state index in [9.17, 15) is 9.59 Å². The monoisotopic (exact) mass is 568 g/mol. The molecule has 0 unspecified atom stereocenters. The maximum atomic E-state index is 13.2. The van der Waals surface area contributed by atoms with Gasteiger partial charge in [0.15, 0.2) is 11.5 Å². The van der Waals surface area contributed by atoms with Gasteiger partial charge in [0.05, 0.1) is 35.1 Å². The molecule has 0 aromatic heterocycles. The van der Waals surface area contributed by atoms with Gasteiger partial charge in [0.1, 0.15) is 11.5 Å². The number of hydrogen-bond donors (Lipinski definition) is 0. The predicted octanol–water partition coefficient (Wildman–Crippen LogP) is 7.47. The zero-order valence-electron chi connectivity index (χ0n) is 19.6. The summed E-state index contributed by atoms with van der Waals surface area (Å²) in [7, 11) is 2.96. The number of esters is 1. The lowest BCUT2D eigenvalue weighted by Gasteiger charge is -2.21. The fourth-order valence-corrected chi connectivity index (χ4v) is 4.69. The number of carbonyl (C=O) groups excluding carboxylic acids is 2. The van der Waals surface area contributed by atoms with Crippen molar-refractivity contribution >= 4 is 43.6 Å². The number of carbonyl (C=O) groups is 2. The van der Waals surface area contributed by atoms with Crippen molar-refractivity contribution in [2.24, 2.45) is 5.41 Å². The summed E-state index contributed by atoms with van der Waals surface area (Å²) in [4.78, 5) is 24.8. The first-order valence-corrected chi connectivity index (χ1v) is 11.9. The van der Waals surface area contributed by atoms with Crippen molar-refractivity contribution in [3.63, 3.8) is 0 Å². The van der Waals surface area contributed by atoms with E-state index in [1.807, 2.05) is 26.8 Å². The molecular weight excluding hydrogens is 540 g/mol. The van der Waals surface area contributed by atoms with Crippen molar-refractivity contribution in [1.29, 1.82) is 0 Å². The lowest BCUT2D eigenvalue weighted by atomic mass is 9.87. The molecule has 0 N–H and O–H groups in total. The Kier molecular flexibility index (Phi) is 8.94. The Morgan fingerprint density at radius 1 is 0.969 bits per heavy atom. The van der Waals surface area contributed by atoms with Gasteiger partial charge in [-0.2, -0.15) is 0 Å². The summed E-state index contributed by atoms with van der Waals surface area (Å²) in [5.41, 5.74) is 2.02. The molecule has 0 saturated heterocycles. The number of ether oxygens (including phenoxy) is 3. The molecule has 0 amide bonds. The van der Waals surface area contributed by atoms with Gasteiger partial charge >= 0.3 is 5.97 Å². The summed E-state index contributed by atoms with van der Waals surface area (Å²) >= 11 is 7.07. The van der Waals surface area contributed by atoms with E-state index >= 15 is 0 Å². The Hall–Kier alpha value is -1.86. The van der Waals surface area contributed by atoms with E-state index < -0.39 is 0 Å². The van der Waals surface area contributed by atoms with Crippen LogP contribution in [0.4, 0.5) is 0 Å². The first-order chi connectivity index (χ1) is 14.9. The van der Waals surface area contributed by atoms with E-state index in [4.69, 9.17) is 14.2 Å². The van der Waals surface area contributed by atoms with Crippen LogP contribution in [0.25, 0.3) is 0 Å². The van der Waals surface area contributed by atoms with Gasteiger partial charge in [-0.15, -0.1) is 0 Å². The lowest BCUT2D eigenvalue weighted by molar-refractivity contribution is -0.139. The summed E-state index contributed by atoms with van der Waals surface area (Å²) < 4.78 is 17.9. The molecule has 174 valence electrons. The summed E-state index contributed by atoms with van der Waals surface area (Å²) in [5.74, 6) is 1.47. The van der Waals surface area contributed by atoms with Gasteiger partial charge in [0.25, 0.3) is 0 Å². The highest BCUT2D eigenvalue weighted by Crippen LogP contribution is 2.42. The molecule has 0 bridgehead atoms. The number of halogens is 2. The van der Waals surface area contributed by atoms with Crippen molar-refractivity contribution in [1.82, 2.24) is 0 Å². The van der Waals surface area contributed by atoms with Crippen molar-refractivity contribution in [3.8, 4) is 17.2 Å². The highest BCUT2D eigenvalue weighted by Gasteiger charge is 2.24. The SMILES string of the molecule is COC(=O)Cc1cc(Br)c(Oc2cc(C(C)C)c(OC)cc2C(=O)CC(C)(C)C)c(Br)c1. The molecule has 7 heteroatoms. The highest BCUT2D eigenvalue weighted by molar-refractivity contribution is 9.11. The first kappa shape index (κ1) is 26.4. The molecule has 0 aliphatic carbocycles. The maximum absolute atomic E-state index is 13.2. The second kappa shape index (κ2) is 10.8. The number of hydrogen-bond acceptors (Lipinski definition) is 5. The first-order valence-electron chi connectivity index (χ1n) is 10.3. The van der Waals surface area contributed by atoms with Crippen LogP contribution in [0.5, 0.6) is 17.2 Å². The van der Waals surface area contributed by atoms with Crippen molar-refractivity contribution < 1.29 is 23.8 Å². The minimum absolute atomic E-state index is 0.0179. The molecule has 0 heterocycles. The fourth-order valence-electron chi connectivity index (χ4n) is 3.24. The summed E-state index contributed by atoms with van der Waals surface area (Å²) in [6, 6.07) is 7.26. The Morgan fingerprint density at radius 2 is 1.56 bits per heavy atom. The number of rotatable bonds is 8. The van der Waals surface area contributed by atoms with Gasteiger partial charge in [-0.1, -0.05) is 34.6 Å². The molecule has 0 fully saturated rings. The zero-order chi connectivity index (χ0) is 24.2. The molecule has 2 rings (SSSR count). The van der Waals surface area contributed by atoms with Crippen LogP contribution < -0.4 is 9.47 Å². The average Bonchev–Trinajstić information content (AvgIpc) is 2.68. The highest BCUT2D eigenvalue weighted by atomic mass is 79.9. The van der Waals surface area contributed by atoms with E-state index in [1.165, 1.54) is 7.11 Å². The third kappa shape index (κ3) is 6.82. The Bertz CT molecular complexity index is 983. The topological polar surface area (TPSA) is 61.8 Å². The van der Waals surface area contributed by atoms with Gasteiger partial charge in [-0.3, -0.25) is 9.59 Å². The van der Waals surface area contributed by atoms with Gasteiger partial charge < -0.3 is 14.2 Å². The van der Waals surface area contributed by atoms with E-state index in [1.54, 1.807) is 25.3 Å². The minimum Gasteiger partial charge on any atom is -0.496 e. The second-order valence-corrected chi connectivity index (χ2v) is 10.9. The number of ketones is 1. The van der Waals surface area contributed by atoms with Gasteiger partial charge in [-0.25, -0.2) is 0 Å². The van der Waals surface area contributed by atoms with Crippen LogP contribution in [0.3, 0.4) is 0 Å². The Labute approximate surface area is 207 Å². The fraction of sp³-hybridized carbons (Fsp3) is 0.440. The summed E-state index contributed by atoms with van der Waals surface area (Å²) in [6.45, 7) is 10.2. The van der Waals surface area contributed by atoms with Crippen LogP contribution in [0.15, 0.2) is 33.2 Å². The number of Topliss-reactive ketones (excluding diaryl/α,β-unsaturated/α-hetero) is 1. The van der Waals surface area contributed by atoms with Crippen LogP contribution in [-0.4, -0.2) is 26.0 Å². The smallest absolute Gasteiger partial charge is 0.309 e. The van der Waals surface area contributed by atoms with Crippen LogP contribution in [-0.2, 0) is 16.0 Å². The predicted molar refractivity (Wildman–Crippen MR) is 133 cm³/mol. The molecule has 0 radical (unpaired) electrons. The van der Waals surface area contributed by atoms with E-state index in [0.717, 1.165) is 11.1 Å². The molecule has 0 atom stereocenters. The molecule has 0 saturated carbocycles. The van der Waals surface area contributed by atoms with E-state index in [-0.39, 0.29) is 29.5 Å². The molecule has 2 aromatic carbocycles. The van der Waals surface area contributed by atoms with Gasteiger partial charge in [-0.05, 0) is 73.0 Å². The molecule has 0 aliphatic heterocycles. The third-order valence-corrected chi connectivity index (χ3v) is 5.97. The minimum atomic E-state index is -0.329. The third-order valence-electron chi connectivity index (χ3n) is 4.79. The quantitative estimate of drug-likeness (QED) is 0.244. The number of benzene rings is 2. The van der Waals surface area contributed by atoms with Crippen LogP contribution >= 0.6 is 31.9 Å². The Balaban J connectivity index is 2.57. The molecule has 0 aliphatic rings. The lowest BCUT2D eigenvalue weighted by Crippen LogP contribution is -2.14. The largest absolute Gasteiger partial charge is 0.496 e. The normalized spacial score (nSPS) is 11.4. The number of methoxy groups -OCH3 is 2. The van der Waals surface area contributed by atoms with E-state index in [0.29, 0.717) is 38.2 Å². The molecule has 32 heavy (non-hydrogen) atoms. The Morgan fingerprint density at radius 3 is 2.03 bits per heavy atom. The zero-order valence-corrected chi connectivity index (χ0v) is 22.8. The van der Waals surface area contributed by atoms with Crippen molar-refractivity contribution in [2.75, 3.05) is 14.2 Å². The van der Waals surface area contributed by atoms with Crippen molar-refractivity contribution in [3.05, 3.63) is 49.9 Å². The van der Waals surface area contributed by atoms with Crippen LogP contribution in [0.1, 0.15) is 68.4 Å². The van der Waals surface area contributed by atoms with Gasteiger partial charge in [0, 0.05) is 12.0 Å². The molecule has 2 aromatic rings. The standard InChI is InChI=1S/C25H30Br2O5/c1-14(2)16-11-22(17(12-21(16)30-6)20(28)13-25(3,4)5)32-24-18(26)8-15(9-19(24)27)10-23(29)31-7/h8-9,11-12,14H,10,13H2,1-7H3. The maximum Gasteiger partial charge on any atom is 0.309 e. The molecule has 5 nitrogen and oxygen atoms in total. The van der Waals surface area contributed by atoms with E-state index in [2.05, 4.69) is 45.7 Å².